The minimum absolute atomic E-state index is 0.215. The molecular formula is C8H8BrNO2S. The summed E-state index contributed by atoms with van der Waals surface area (Å²) in [7, 11) is 1.41. The standard InChI is InChI=1S/C8H8BrNO2S/c1-12-8(11)6-7-4(2-10-6)5(9)3-13-7/h3,6,10H,2H2,1H3. The van der Waals surface area contributed by atoms with Crippen LogP contribution in [-0.4, -0.2) is 13.1 Å². The highest BCUT2D eigenvalue weighted by Gasteiger charge is 2.31. The summed E-state index contributed by atoms with van der Waals surface area (Å²) >= 11 is 5.01. The SMILES string of the molecule is COC(=O)C1NCc2c(Br)csc21. The maximum atomic E-state index is 11.3. The second-order valence-corrected chi connectivity index (χ2v) is 4.53. The molecule has 0 aliphatic carbocycles. The van der Waals surface area contributed by atoms with E-state index in [1.165, 1.54) is 12.7 Å². The van der Waals surface area contributed by atoms with Gasteiger partial charge in [0.15, 0.2) is 0 Å². The Bertz CT molecular complexity index is 350. The number of esters is 1. The summed E-state index contributed by atoms with van der Waals surface area (Å²) in [5.41, 5.74) is 1.18. The molecule has 1 N–H and O–H groups in total. The molecule has 0 spiro atoms. The quantitative estimate of drug-likeness (QED) is 0.785. The molecule has 0 saturated heterocycles. The van der Waals surface area contributed by atoms with E-state index in [4.69, 9.17) is 4.74 Å². The van der Waals surface area contributed by atoms with Gasteiger partial charge in [0.25, 0.3) is 0 Å². The van der Waals surface area contributed by atoms with Crippen LogP contribution in [0, 0.1) is 0 Å². The van der Waals surface area contributed by atoms with Crippen molar-refractivity contribution < 1.29 is 9.53 Å². The number of hydrogen-bond donors (Lipinski definition) is 1. The zero-order chi connectivity index (χ0) is 9.42. The molecule has 3 nitrogen and oxygen atoms in total. The van der Waals surface area contributed by atoms with Crippen LogP contribution in [0.3, 0.4) is 0 Å². The number of nitrogens with one attached hydrogen (secondary N) is 1. The normalized spacial score (nSPS) is 20.0. The summed E-state index contributed by atoms with van der Waals surface area (Å²) in [4.78, 5) is 12.4. The van der Waals surface area contributed by atoms with E-state index in [0.717, 1.165) is 15.9 Å². The molecule has 70 valence electrons. The lowest BCUT2D eigenvalue weighted by atomic mass is 10.2. The Labute approximate surface area is 88.2 Å². The molecule has 0 aromatic carbocycles. The summed E-state index contributed by atoms with van der Waals surface area (Å²) < 4.78 is 5.77. The van der Waals surface area contributed by atoms with Gasteiger partial charge in [0.05, 0.1) is 7.11 Å². The summed E-state index contributed by atoms with van der Waals surface area (Å²) in [5.74, 6) is -0.215. The van der Waals surface area contributed by atoms with Crippen LogP contribution in [0.4, 0.5) is 0 Å². The lowest BCUT2D eigenvalue weighted by Crippen LogP contribution is -2.22. The lowest BCUT2D eigenvalue weighted by Gasteiger charge is -2.06. The average Bonchev–Trinajstić information content (AvgIpc) is 2.68. The van der Waals surface area contributed by atoms with Crippen molar-refractivity contribution in [3.05, 3.63) is 20.3 Å². The van der Waals surface area contributed by atoms with Gasteiger partial charge in [-0.2, -0.15) is 0 Å². The topological polar surface area (TPSA) is 38.3 Å². The summed E-state index contributed by atoms with van der Waals surface area (Å²) in [6, 6.07) is -0.267. The zero-order valence-corrected chi connectivity index (χ0v) is 9.37. The highest BCUT2D eigenvalue weighted by molar-refractivity contribution is 9.10. The average molecular weight is 262 g/mol. The number of halogens is 1. The summed E-state index contributed by atoms with van der Waals surface area (Å²) in [6.07, 6.45) is 0. The highest BCUT2D eigenvalue weighted by atomic mass is 79.9. The predicted octanol–water partition coefficient (Wildman–Crippen LogP) is 1.83. The predicted molar refractivity (Wildman–Crippen MR) is 53.6 cm³/mol. The maximum Gasteiger partial charge on any atom is 0.328 e. The number of fused-ring (bicyclic) bond motifs is 1. The van der Waals surface area contributed by atoms with Crippen LogP contribution in [0.15, 0.2) is 9.85 Å². The van der Waals surface area contributed by atoms with Gasteiger partial charge in [-0.3, -0.25) is 5.32 Å². The molecule has 0 saturated carbocycles. The number of rotatable bonds is 1. The van der Waals surface area contributed by atoms with Crippen LogP contribution < -0.4 is 5.32 Å². The number of carbonyl (C=O) groups is 1. The van der Waals surface area contributed by atoms with Crippen LogP contribution in [-0.2, 0) is 16.1 Å². The number of carbonyl (C=O) groups excluding carboxylic acids is 1. The fraction of sp³-hybridized carbons (Fsp3) is 0.375. The van der Waals surface area contributed by atoms with Crippen molar-refractivity contribution in [1.29, 1.82) is 0 Å². The molecule has 1 unspecified atom stereocenters. The molecule has 0 fully saturated rings. The van der Waals surface area contributed by atoms with E-state index >= 15 is 0 Å². The van der Waals surface area contributed by atoms with E-state index in [-0.39, 0.29) is 12.0 Å². The van der Waals surface area contributed by atoms with Crippen LogP contribution in [0.5, 0.6) is 0 Å². The number of ether oxygens (including phenoxy) is 1. The van der Waals surface area contributed by atoms with Gasteiger partial charge in [-0.1, -0.05) is 0 Å². The fourth-order valence-corrected chi connectivity index (χ4v) is 3.17. The van der Waals surface area contributed by atoms with E-state index in [1.807, 2.05) is 5.38 Å². The van der Waals surface area contributed by atoms with Crippen molar-refractivity contribution in [1.82, 2.24) is 5.32 Å². The van der Waals surface area contributed by atoms with E-state index in [0.29, 0.717) is 0 Å². The molecule has 13 heavy (non-hydrogen) atoms. The fourth-order valence-electron chi connectivity index (χ4n) is 1.39. The molecule has 1 aromatic heterocycles. The Morgan fingerprint density at radius 3 is 3.31 bits per heavy atom. The Morgan fingerprint density at radius 2 is 2.62 bits per heavy atom. The Hall–Kier alpha value is -0.390. The molecule has 1 aromatic rings. The Morgan fingerprint density at radius 1 is 1.85 bits per heavy atom. The minimum atomic E-state index is -0.267. The van der Waals surface area contributed by atoms with Crippen LogP contribution >= 0.6 is 27.3 Å². The largest absolute Gasteiger partial charge is 0.468 e. The van der Waals surface area contributed by atoms with Crippen LogP contribution in [0.1, 0.15) is 16.5 Å². The van der Waals surface area contributed by atoms with Gasteiger partial charge in [-0.05, 0) is 21.5 Å². The van der Waals surface area contributed by atoms with Crippen molar-refractivity contribution in [2.45, 2.75) is 12.6 Å². The van der Waals surface area contributed by atoms with Gasteiger partial charge in [-0.15, -0.1) is 11.3 Å². The molecule has 2 heterocycles. The molecule has 0 amide bonds. The Balaban J connectivity index is 2.33. The summed E-state index contributed by atoms with van der Waals surface area (Å²) in [6.45, 7) is 0.735. The first-order chi connectivity index (χ1) is 6.24. The van der Waals surface area contributed by atoms with Gasteiger partial charge >= 0.3 is 5.97 Å². The molecule has 0 radical (unpaired) electrons. The van der Waals surface area contributed by atoms with Crippen molar-refractivity contribution in [3.8, 4) is 0 Å². The monoisotopic (exact) mass is 261 g/mol. The minimum Gasteiger partial charge on any atom is -0.468 e. The molecular weight excluding hydrogens is 254 g/mol. The molecule has 1 atom stereocenters. The smallest absolute Gasteiger partial charge is 0.328 e. The third-order valence-electron chi connectivity index (χ3n) is 2.06. The molecule has 5 heteroatoms. The third kappa shape index (κ3) is 1.41. The van der Waals surface area contributed by atoms with Crippen LogP contribution in [0.2, 0.25) is 0 Å². The van der Waals surface area contributed by atoms with Gasteiger partial charge in [0.2, 0.25) is 0 Å². The highest BCUT2D eigenvalue weighted by Crippen LogP contribution is 2.36. The second kappa shape index (κ2) is 3.40. The Kier molecular flexibility index (Phi) is 2.40. The number of hydrogen-bond acceptors (Lipinski definition) is 4. The second-order valence-electron chi connectivity index (χ2n) is 2.76. The zero-order valence-electron chi connectivity index (χ0n) is 6.96. The van der Waals surface area contributed by atoms with E-state index in [1.54, 1.807) is 11.3 Å². The maximum absolute atomic E-state index is 11.3. The lowest BCUT2D eigenvalue weighted by molar-refractivity contribution is -0.143. The summed E-state index contributed by atoms with van der Waals surface area (Å²) in [5, 5.41) is 5.10. The molecule has 0 bridgehead atoms. The van der Waals surface area contributed by atoms with Gasteiger partial charge in [-0.25, -0.2) is 4.79 Å². The van der Waals surface area contributed by atoms with E-state index in [2.05, 4.69) is 21.2 Å². The first-order valence-corrected chi connectivity index (χ1v) is 5.48. The number of thiophene rings is 1. The van der Waals surface area contributed by atoms with E-state index < -0.39 is 0 Å². The molecule has 2 rings (SSSR count). The molecule has 1 aliphatic rings. The molecule has 1 aliphatic heterocycles. The van der Waals surface area contributed by atoms with Crippen molar-refractivity contribution in [2.24, 2.45) is 0 Å². The number of methoxy groups -OCH3 is 1. The van der Waals surface area contributed by atoms with Gasteiger partial charge in [0, 0.05) is 21.3 Å². The van der Waals surface area contributed by atoms with Crippen molar-refractivity contribution in [3.63, 3.8) is 0 Å². The van der Waals surface area contributed by atoms with E-state index in [9.17, 15) is 4.79 Å². The van der Waals surface area contributed by atoms with Gasteiger partial charge in [0.1, 0.15) is 6.04 Å². The first kappa shape index (κ1) is 9.18. The first-order valence-electron chi connectivity index (χ1n) is 3.81. The van der Waals surface area contributed by atoms with Crippen molar-refractivity contribution >= 4 is 33.2 Å². The third-order valence-corrected chi connectivity index (χ3v) is 4.16. The van der Waals surface area contributed by atoms with Crippen molar-refractivity contribution in [2.75, 3.05) is 7.11 Å². The van der Waals surface area contributed by atoms with Gasteiger partial charge < -0.3 is 4.74 Å². The van der Waals surface area contributed by atoms with Crippen LogP contribution in [0.25, 0.3) is 0 Å².